The first-order chi connectivity index (χ1) is 7.56. The molecule has 5 heteroatoms. The molecule has 0 bridgehead atoms. The van der Waals surface area contributed by atoms with Crippen molar-refractivity contribution >= 4 is 17.6 Å². The average molecular weight is 222 g/mol. The molecule has 5 nitrogen and oxygen atoms in total. The summed E-state index contributed by atoms with van der Waals surface area (Å²) < 4.78 is 0. The van der Waals surface area contributed by atoms with E-state index in [0.29, 0.717) is 0 Å². The van der Waals surface area contributed by atoms with Gasteiger partial charge in [0.25, 0.3) is 0 Å². The Hall–Kier alpha value is -2.30. The zero-order valence-electron chi connectivity index (χ0n) is 8.93. The van der Waals surface area contributed by atoms with Gasteiger partial charge in [-0.05, 0) is 12.1 Å². The van der Waals surface area contributed by atoms with Crippen LogP contribution < -0.4 is 10.9 Å². The highest BCUT2D eigenvalue weighted by atomic mass is 16.4. The third-order valence-electron chi connectivity index (χ3n) is 1.33. The standard InChI is InChI=1S/C8H10N2O.C3H4O2/c1-7(11)9-10-8-5-3-2-4-6-8;1-2-3(4)5/h2-6,10H,1H3,(H,9,11);2H,1H2,(H,4,5). The summed E-state index contributed by atoms with van der Waals surface area (Å²) >= 11 is 0. The molecule has 86 valence electrons. The van der Waals surface area contributed by atoms with Crippen molar-refractivity contribution in [2.24, 2.45) is 0 Å². The Morgan fingerprint density at radius 1 is 1.31 bits per heavy atom. The van der Waals surface area contributed by atoms with Gasteiger partial charge in [-0.2, -0.15) is 0 Å². The van der Waals surface area contributed by atoms with Crippen LogP contribution in [0, 0.1) is 0 Å². The molecule has 0 unspecified atom stereocenters. The molecule has 1 aromatic rings. The third kappa shape index (κ3) is 8.31. The Labute approximate surface area is 93.8 Å². The number of carbonyl (C=O) groups is 2. The van der Waals surface area contributed by atoms with Gasteiger partial charge in [0.05, 0.1) is 5.69 Å². The van der Waals surface area contributed by atoms with Crippen molar-refractivity contribution in [1.82, 2.24) is 5.43 Å². The lowest BCUT2D eigenvalue weighted by Crippen LogP contribution is -2.26. The number of carbonyl (C=O) groups excluding carboxylic acids is 1. The van der Waals surface area contributed by atoms with Gasteiger partial charge < -0.3 is 5.11 Å². The minimum absolute atomic E-state index is 0.103. The van der Waals surface area contributed by atoms with Gasteiger partial charge in [0.15, 0.2) is 0 Å². The van der Waals surface area contributed by atoms with Crippen molar-refractivity contribution in [2.45, 2.75) is 6.92 Å². The number of hydrogen-bond donors (Lipinski definition) is 3. The molecule has 1 amide bonds. The highest BCUT2D eigenvalue weighted by Gasteiger charge is 1.88. The van der Waals surface area contributed by atoms with Crippen molar-refractivity contribution in [1.29, 1.82) is 0 Å². The van der Waals surface area contributed by atoms with Gasteiger partial charge in [-0.25, -0.2) is 4.79 Å². The molecule has 0 fully saturated rings. The Morgan fingerprint density at radius 2 is 1.81 bits per heavy atom. The lowest BCUT2D eigenvalue weighted by atomic mass is 10.3. The predicted octanol–water partition coefficient (Wildman–Crippen LogP) is 1.41. The number of aliphatic carboxylic acids is 1. The molecule has 0 radical (unpaired) electrons. The zero-order chi connectivity index (χ0) is 12.4. The molecule has 1 rings (SSSR count). The van der Waals surface area contributed by atoms with E-state index >= 15 is 0 Å². The average Bonchev–Trinajstić information content (AvgIpc) is 2.28. The molecule has 16 heavy (non-hydrogen) atoms. The van der Waals surface area contributed by atoms with Crippen LogP contribution in [0.5, 0.6) is 0 Å². The first-order valence-electron chi connectivity index (χ1n) is 4.49. The molecule has 0 saturated carbocycles. The Morgan fingerprint density at radius 3 is 2.19 bits per heavy atom. The highest BCUT2D eigenvalue weighted by Crippen LogP contribution is 2.01. The van der Waals surface area contributed by atoms with Crippen LogP contribution in [-0.2, 0) is 9.59 Å². The van der Waals surface area contributed by atoms with Gasteiger partial charge in [0.2, 0.25) is 5.91 Å². The molecule has 0 saturated heterocycles. The normalized spacial score (nSPS) is 8.06. The topological polar surface area (TPSA) is 78.4 Å². The maximum Gasteiger partial charge on any atom is 0.327 e. The fourth-order valence-corrected chi connectivity index (χ4v) is 0.682. The maximum atomic E-state index is 10.4. The van der Waals surface area contributed by atoms with E-state index < -0.39 is 5.97 Å². The SMILES string of the molecule is C=CC(=O)O.CC(=O)NNc1ccccc1. The number of rotatable bonds is 3. The van der Waals surface area contributed by atoms with E-state index in [1.54, 1.807) is 0 Å². The van der Waals surface area contributed by atoms with Gasteiger partial charge in [0.1, 0.15) is 0 Å². The third-order valence-corrected chi connectivity index (χ3v) is 1.33. The highest BCUT2D eigenvalue weighted by molar-refractivity contribution is 5.78. The van der Waals surface area contributed by atoms with Crippen LogP contribution in [0.3, 0.4) is 0 Å². The van der Waals surface area contributed by atoms with Crippen molar-refractivity contribution in [3.8, 4) is 0 Å². The van der Waals surface area contributed by atoms with Crippen LogP contribution in [0.4, 0.5) is 5.69 Å². The van der Waals surface area contributed by atoms with E-state index in [9.17, 15) is 9.59 Å². The summed E-state index contributed by atoms with van der Waals surface area (Å²) in [7, 11) is 0. The van der Waals surface area contributed by atoms with Gasteiger partial charge >= 0.3 is 5.97 Å². The van der Waals surface area contributed by atoms with E-state index in [1.807, 2.05) is 30.3 Å². The van der Waals surface area contributed by atoms with E-state index in [2.05, 4.69) is 17.4 Å². The van der Waals surface area contributed by atoms with Gasteiger partial charge in [-0.15, -0.1) is 0 Å². The maximum absolute atomic E-state index is 10.4. The molecule has 0 aromatic heterocycles. The molecule has 0 aliphatic rings. The van der Waals surface area contributed by atoms with Gasteiger partial charge in [-0.1, -0.05) is 24.8 Å². The predicted molar refractivity (Wildman–Crippen MR) is 61.7 cm³/mol. The molecule has 1 aromatic carbocycles. The van der Waals surface area contributed by atoms with Crippen molar-refractivity contribution in [3.05, 3.63) is 43.0 Å². The molecule has 3 N–H and O–H groups in total. The van der Waals surface area contributed by atoms with E-state index in [4.69, 9.17) is 5.11 Å². The van der Waals surface area contributed by atoms with Crippen LogP contribution in [0.15, 0.2) is 43.0 Å². The Bertz CT molecular complexity index is 350. The summed E-state index contributed by atoms with van der Waals surface area (Å²) in [6, 6.07) is 9.44. The second kappa shape index (κ2) is 8.05. The summed E-state index contributed by atoms with van der Waals surface area (Å²) in [5.41, 5.74) is 6.09. The van der Waals surface area contributed by atoms with Gasteiger partial charge in [0, 0.05) is 13.0 Å². The number of carboxylic acids is 1. The smallest absolute Gasteiger partial charge is 0.327 e. The number of anilines is 1. The number of benzene rings is 1. The van der Waals surface area contributed by atoms with Crippen LogP contribution in [-0.4, -0.2) is 17.0 Å². The van der Waals surface area contributed by atoms with Crippen LogP contribution >= 0.6 is 0 Å². The number of nitrogens with one attached hydrogen (secondary N) is 2. The summed E-state index contributed by atoms with van der Waals surface area (Å²) in [5, 5.41) is 7.60. The summed E-state index contributed by atoms with van der Waals surface area (Å²) in [6.07, 6.45) is 0.833. The van der Waals surface area contributed by atoms with Crippen LogP contribution in [0.2, 0.25) is 0 Å². The van der Waals surface area contributed by atoms with E-state index in [1.165, 1.54) is 6.92 Å². The first-order valence-corrected chi connectivity index (χ1v) is 4.49. The van der Waals surface area contributed by atoms with E-state index in [-0.39, 0.29) is 5.91 Å². The summed E-state index contributed by atoms with van der Waals surface area (Å²) in [5.74, 6) is -1.08. The number of hydrazine groups is 1. The molecule has 0 heterocycles. The second-order valence-corrected chi connectivity index (χ2v) is 2.71. The minimum atomic E-state index is -0.981. The quantitative estimate of drug-likeness (QED) is 0.533. The molecular weight excluding hydrogens is 208 g/mol. The Balaban J connectivity index is 0.000000385. The number of hydrogen-bond acceptors (Lipinski definition) is 3. The molecule has 0 aliphatic carbocycles. The largest absolute Gasteiger partial charge is 0.478 e. The molecule has 0 atom stereocenters. The van der Waals surface area contributed by atoms with Crippen molar-refractivity contribution in [3.63, 3.8) is 0 Å². The first kappa shape index (κ1) is 13.7. The second-order valence-electron chi connectivity index (χ2n) is 2.71. The summed E-state index contributed by atoms with van der Waals surface area (Å²) in [6.45, 7) is 4.41. The Kier molecular flexibility index (Phi) is 6.89. The van der Waals surface area contributed by atoms with E-state index in [0.717, 1.165) is 11.8 Å². The number of para-hydroxylation sites is 1. The van der Waals surface area contributed by atoms with Gasteiger partial charge in [-0.3, -0.25) is 15.6 Å². The van der Waals surface area contributed by atoms with Crippen molar-refractivity contribution in [2.75, 3.05) is 5.43 Å². The monoisotopic (exact) mass is 222 g/mol. The number of carboxylic acid groups (broad SMARTS) is 1. The zero-order valence-corrected chi connectivity index (χ0v) is 8.93. The molecule has 0 aliphatic heterocycles. The van der Waals surface area contributed by atoms with Crippen molar-refractivity contribution < 1.29 is 14.7 Å². The summed E-state index contributed by atoms with van der Waals surface area (Å²) in [4.78, 5) is 19.7. The molecule has 0 spiro atoms. The lowest BCUT2D eigenvalue weighted by Gasteiger charge is -2.04. The molecular formula is C11H14N2O3. The van der Waals surface area contributed by atoms with Crippen LogP contribution in [0.25, 0.3) is 0 Å². The fraction of sp³-hybridized carbons (Fsp3) is 0.0909. The lowest BCUT2D eigenvalue weighted by molar-refractivity contribution is -0.131. The fourth-order valence-electron chi connectivity index (χ4n) is 0.682. The van der Waals surface area contributed by atoms with Crippen LogP contribution in [0.1, 0.15) is 6.92 Å². The number of amides is 1. The minimum Gasteiger partial charge on any atom is -0.478 e.